The van der Waals surface area contributed by atoms with Gasteiger partial charge in [0.2, 0.25) is 0 Å². The molecule has 1 rings (SSSR count). The van der Waals surface area contributed by atoms with Crippen molar-refractivity contribution in [1.82, 2.24) is 0 Å². The van der Waals surface area contributed by atoms with Crippen molar-refractivity contribution in [2.75, 3.05) is 11.9 Å². The minimum atomic E-state index is -0.395. The molecule has 0 fully saturated rings. The van der Waals surface area contributed by atoms with Crippen molar-refractivity contribution >= 4 is 34.9 Å². The number of rotatable bonds is 5. The number of anilines is 1. The molecule has 5 heteroatoms. The number of esters is 1. The van der Waals surface area contributed by atoms with Crippen LogP contribution in [0.25, 0.3) is 0 Å². The molecule has 1 N–H and O–H groups in total. The van der Waals surface area contributed by atoms with Gasteiger partial charge in [0, 0.05) is 5.02 Å². The normalized spacial score (nSPS) is 12.0. The average Bonchev–Trinajstić information content (AvgIpc) is 2.28. The molecule has 1 aromatic carbocycles. The molecule has 0 heterocycles. The highest BCUT2D eigenvalue weighted by Gasteiger charge is 2.18. The summed E-state index contributed by atoms with van der Waals surface area (Å²) in [6, 6.07) is 4.69. The number of carbonyl (C=O) groups is 1. The van der Waals surface area contributed by atoms with E-state index < -0.39 is 6.04 Å². The second-order valence-corrected chi connectivity index (χ2v) is 4.33. The SMILES string of the molecule is CCOC(=O)C(CC)Nc1ccc(Cl)cc1Cl. The predicted molar refractivity (Wildman–Crippen MR) is 70.8 cm³/mol. The van der Waals surface area contributed by atoms with Crippen LogP contribution in [-0.4, -0.2) is 18.6 Å². The number of ether oxygens (including phenoxy) is 1. The van der Waals surface area contributed by atoms with Crippen molar-refractivity contribution in [3.8, 4) is 0 Å². The Balaban J connectivity index is 2.77. The van der Waals surface area contributed by atoms with Gasteiger partial charge in [0.15, 0.2) is 0 Å². The molecule has 0 saturated heterocycles. The molecule has 17 heavy (non-hydrogen) atoms. The van der Waals surface area contributed by atoms with Gasteiger partial charge < -0.3 is 10.1 Å². The lowest BCUT2D eigenvalue weighted by molar-refractivity contribution is -0.144. The van der Waals surface area contributed by atoms with E-state index in [9.17, 15) is 4.79 Å². The van der Waals surface area contributed by atoms with E-state index in [2.05, 4.69) is 5.32 Å². The van der Waals surface area contributed by atoms with E-state index >= 15 is 0 Å². The van der Waals surface area contributed by atoms with Gasteiger partial charge >= 0.3 is 5.97 Å². The Hall–Kier alpha value is -0.930. The molecule has 0 aliphatic rings. The highest BCUT2D eigenvalue weighted by molar-refractivity contribution is 6.36. The van der Waals surface area contributed by atoms with Crippen LogP contribution in [0.4, 0.5) is 5.69 Å². The first-order chi connectivity index (χ1) is 8.08. The minimum absolute atomic E-state index is 0.277. The first-order valence-electron chi connectivity index (χ1n) is 5.46. The van der Waals surface area contributed by atoms with E-state index in [4.69, 9.17) is 27.9 Å². The molecule has 0 amide bonds. The van der Waals surface area contributed by atoms with E-state index in [1.54, 1.807) is 25.1 Å². The van der Waals surface area contributed by atoms with Crippen molar-refractivity contribution in [3.63, 3.8) is 0 Å². The summed E-state index contributed by atoms with van der Waals surface area (Å²) in [4.78, 5) is 11.6. The second-order valence-electron chi connectivity index (χ2n) is 3.48. The highest BCUT2D eigenvalue weighted by Crippen LogP contribution is 2.26. The third-order valence-corrected chi connectivity index (χ3v) is 2.79. The second kappa shape index (κ2) is 6.72. The van der Waals surface area contributed by atoms with Gasteiger partial charge in [0.25, 0.3) is 0 Å². The molecule has 94 valence electrons. The summed E-state index contributed by atoms with van der Waals surface area (Å²) in [5, 5.41) is 4.09. The number of hydrogen-bond donors (Lipinski definition) is 1. The zero-order chi connectivity index (χ0) is 12.8. The molecule has 0 aliphatic heterocycles. The molecule has 1 atom stereocenters. The molecular formula is C12H15Cl2NO2. The fourth-order valence-corrected chi connectivity index (χ4v) is 1.83. The van der Waals surface area contributed by atoms with Crippen LogP contribution >= 0.6 is 23.2 Å². The Bertz CT molecular complexity index is 396. The van der Waals surface area contributed by atoms with E-state index in [-0.39, 0.29) is 5.97 Å². The van der Waals surface area contributed by atoms with Crippen LogP contribution in [0.5, 0.6) is 0 Å². The Kier molecular flexibility index (Phi) is 5.59. The lowest BCUT2D eigenvalue weighted by Crippen LogP contribution is -2.30. The number of carbonyl (C=O) groups excluding carboxylic acids is 1. The molecule has 0 saturated carbocycles. The quantitative estimate of drug-likeness (QED) is 0.832. The van der Waals surface area contributed by atoms with Crippen LogP contribution in [0.3, 0.4) is 0 Å². The van der Waals surface area contributed by atoms with Crippen molar-refractivity contribution in [2.45, 2.75) is 26.3 Å². The summed E-state index contributed by atoms with van der Waals surface area (Å²) in [5.74, 6) is -0.277. The third-order valence-electron chi connectivity index (χ3n) is 2.24. The van der Waals surface area contributed by atoms with Crippen LogP contribution in [0, 0.1) is 0 Å². The lowest BCUT2D eigenvalue weighted by Gasteiger charge is -2.17. The largest absolute Gasteiger partial charge is 0.464 e. The van der Waals surface area contributed by atoms with Gasteiger partial charge in [0.1, 0.15) is 6.04 Å². The maximum atomic E-state index is 11.6. The highest BCUT2D eigenvalue weighted by atomic mass is 35.5. The summed E-state index contributed by atoms with van der Waals surface area (Å²) in [5.41, 5.74) is 0.677. The van der Waals surface area contributed by atoms with Gasteiger partial charge in [-0.25, -0.2) is 4.79 Å². The lowest BCUT2D eigenvalue weighted by atomic mass is 10.2. The summed E-state index contributed by atoms with van der Waals surface area (Å²) in [6.45, 7) is 4.05. The van der Waals surface area contributed by atoms with Crippen molar-refractivity contribution in [3.05, 3.63) is 28.2 Å². The maximum absolute atomic E-state index is 11.6. The zero-order valence-electron chi connectivity index (χ0n) is 9.80. The fourth-order valence-electron chi connectivity index (χ4n) is 1.36. The molecule has 1 unspecified atom stereocenters. The Morgan fingerprint density at radius 3 is 2.65 bits per heavy atom. The monoisotopic (exact) mass is 275 g/mol. The van der Waals surface area contributed by atoms with Crippen LogP contribution in [0.1, 0.15) is 20.3 Å². The number of benzene rings is 1. The number of hydrogen-bond acceptors (Lipinski definition) is 3. The molecule has 0 radical (unpaired) electrons. The van der Waals surface area contributed by atoms with Crippen LogP contribution in [0.2, 0.25) is 10.0 Å². The molecule has 3 nitrogen and oxygen atoms in total. The Labute approximate surface area is 111 Å². The molecule has 0 spiro atoms. The molecule has 0 bridgehead atoms. The van der Waals surface area contributed by atoms with E-state index in [0.717, 1.165) is 0 Å². The van der Waals surface area contributed by atoms with E-state index in [0.29, 0.717) is 28.8 Å². The number of halogens is 2. The van der Waals surface area contributed by atoms with Crippen LogP contribution in [-0.2, 0) is 9.53 Å². The predicted octanol–water partition coefficient (Wildman–Crippen LogP) is 3.75. The fraction of sp³-hybridized carbons (Fsp3) is 0.417. The van der Waals surface area contributed by atoms with Gasteiger partial charge in [-0.2, -0.15) is 0 Å². The van der Waals surface area contributed by atoms with Gasteiger partial charge in [-0.1, -0.05) is 30.1 Å². The van der Waals surface area contributed by atoms with Crippen LogP contribution < -0.4 is 5.32 Å². The van der Waals surface area contributed by atoms with Gasteiger partial charge in [0.05, 0.1) is 17.3 Å². The first kappa shape index (κ1) is 14.1. The first-order valence-corrected chi connectivity index (χ1v) is 6.22. The van der Waals surface area contributed by atoms with E-state index in [1.165, 1.54) is 0 Å². The Morgan fingerprint density at radius 2 is 2.12 bits per heavy atom. The molecule has 0 aromatic heterocycles. The summed E-state index contributed by atoms with van der Waals surface area (Å²) in [7, 11) is 0. The topological polar surface area (TPSA) is 38.3 Å². The molecule has 1 aromatic rings. The molecule has 0 aliphatic carbocycles. The van der Waals surface area contributed by atoms with E-state index in [1.807, 2.05) is 6.92 Å². The van der Waals surface area contributed by atoms with Crippen molar-refractivity contribution in [2.24, 2.45) is 0 Å². The molecular weight excluding hydrogens is 261 g/mol. The summed E-state index contributed by atoms with van der Waals surface area (Å²) < 4.78 is 4.96. The van der Waals surface area contributed by atoms with Crippen LogP contribution in [0.15, 0.2) is 18.2 Å². The summed E-state index contributed by atoms with van der Waals surface area (Å²) >= 11 is 11.8. The summed E-state index contributed by atoms with van der Waals surface area (Å²) in [6.07, 6.45) is 0.623. The van der Waals surface area contributed by atoms with Crippen molar-refractivity contribution < 1.29 is 9.53 Å². The number of nitrogens with one attached hydrogen (secondary N) is 1. The standard InChI is InChI=1S/C12H15Cl2NO2/c1-3-10(12(16)17-4-2)15-11-6-5-8(13)7-9(11)14/h5-7,10,15H,3-4H2,1-2H3. The van der Waals surface area contributed by atoms with Gasteiger partial charge in [-0.05, 0) is 31.5 Å². The van der Waals surface area contributed by atoms with Gasteiger partial charge in [-0.3, -0.25) is 0 Å². The van der Waals surface area contributed by atoms with Gasteiger partial charge in [-0.15, -0.1) is 0 Å². The van der Waals surface area contributed by atoms with Crippen molar-refractivity contribution in [1.29, 1.82) is 0 Å². The zero-order valence-corrected chi connectivity index (χ0v) is 11.3. The minimum Gasteiger partial charge on any atom is -0.464 e. The Morgan fingerprint density at radius 1 is 1.41 bits per heavy atom. The maximum Gasteiger partial charge on any atom is 0.328 e. The smallest absolute Gasteiger partial charge is 0.328 e. The third kappa shape index (κ3) is 4.10. The average molecular weight is 276 g/mol.